The molecule has 0 spiro atoms. The highest BCUT2D eigenvalue weighted by Crippen LogP contribution is 2.11. The molecule has 0 saturated heterocycles. The molecule has 1 N–H and O–H groups in total. The number of hydrogen-bond donors (Lipinski definition) is 1. The molecule has 10 heteroatoms. The topological polar surface area (TPSA) is 125 Å². The highest BCUT2D eigenvalue weighted by molar-refractivity contribution is 5.90. The minimum absolute atomic E-state index is 0.141. The maximum Gasteiger partial charge on any atom is 0.351 e. The van der Waals surface area contributed by atoms with Gasteiger partial charge in [-0.1, -0.05) is 53.2 Å². The van der Waals surface area contributed by atoms with Gasteiger partial charge in [0.1, 0.15) is 0 Å². The first-order valence-electron chi connectivity index (χ1n) is 10.8. The van der Waals surface area contributed by atoms with Crippen molar-refractivity contribution in [1.29, 1.82) is 0 Å². The summed E-state index contributed by atoms with van der Waals surface area (Å²) < 4.78 is 7.07. The van der Waals surface area contributed by atoms with Crippen molar-refractivity contribution in [2.45, 2.75) is 32.7 Å². The Labute approximate surface area is 194 Å². The van der Waals surface area contributed by atoms with E-state index >= 15 is 0 Å². The van der Waals surface area contributed by atoms with Gasteiger partial charge < -0.3 is 9.84 Å². The zero-order chi connectivity index (χ0) is 24.2. The monoisotopic (exact) mass is 460 g/mol. The van der Waals surface area contributed by atoms with E-state index in [0.717, 1.165) is 27.7 Å². The maximum atomic E-state index is 12.7. The molecular formula is C24H24N6O4. The third-order valence-electron chi connectivity index (χ3n) is 5.37. The third-order valence-corrected chi connectivity index (χ3v) is 5.37. The van der Waals surface area contributed by atoms with Gasteiger partial charge in [0.25, 0.3) is 5.56 Å². The van der Waals surface area contributed by atoms with Crippen LogP contribution in [-0.4, -0.2) is 36.4 Å². The molecule has 1 atom stereocenters. The molecule has 0 fully saturated rings. The lowest BCUT2D eigenvalue weighted by molar-refractivity contribution is 0.0894. The van der Waals surface area contributed by atoms with Gasteiger partial charge in [-0.15, -0.1) is 0 Å². The van der Waals surface area contributed by atoms with Gasteiger partial charge in [0.2, 0.25) is 5.82 Å². The molecule has 0 aliphatic rings. The molecule has 1 amide bonds. The number of nitrogens with one attached hydrogen (secondary N) is 1. The second-order valence-corrected chi connectivity index (χ2v) is 8.06. The number of aromatic nitrogens is 5. The lowest BCUT2D eigenvalue weighted by Gasteiger charge is -2.12. The van der Waals surface area contributed by atoms with E-state index in [9.17, 15) is 14.4 Å². The first-order chi connectivity index (χ1) is 16.3. The van der Waals surface area contributed by atoms with E-state index in [1.165, 1.54) is 12.6 Å². The highest BCUT2D eigenvalue weighted by atomic mass is 16.5. The smallest absolute Gasteiger partial charge is 0.345 e. The van der Waals surface area contributed by atoms with Gasteiger partial charge in [0.05, 0.1) is 5.69 Å². The van der Waals surface area contributed by atoms with Gasteiger partial charge >= 0.3 is 17.5 Å². The largest absolute Gasteiger partial charge is 0.351 e. The summed E-state index contributed by atoms with van der Waals surface area (Å²) in [5.74, 6) is -1.02. The summed E-state index contributed by atoms with van der Waals surface area (Å²) in [6.45, 7) is 3.80. The fourth-order valence-electron chi connectivity index (χ4n) is 3.37. The molecule has 4 aromatic rings. The minimum Gasteiger partial charge on any atom is -0.345 e. The fraction of sp³-hybridized carbons (Fsp3) is 0.250. The molecule has 0 unspecified atom stereocenters. The van der Waals surface area contributed by atoms with Gasteiger partial charge in [-0.25, -0.2) is 4.79 Å². The molecule has 10 nitrogen and oxygen atoms in total. The number of carbonyl (C=O) groups excluding carboxylic acids is 1. The van der Waals surface area contributed by atoms with Crippen LogP contribution in [0.2, 0.25) is 0 Å². The first kappa shape index (κ1) is 22.8. The second kappa shape index (κ2) is 9.65. The molecule has 0 saturated carbocycles. The predicted molar refractivity (Wildman–Crippen MR) is 125 cm³/mol. The average molecular weight is 460 g/mol. The molecule has 0 bridgehead atoms. The van der Waals surface area contributed by atoms with Gasteiger partial charge in [-0.05, 0) is 44.4 Å². The summed E-state index contributed by atoms with van der Waals surface area (Å²) in [5, 5.41) is 10.7. The van der Waals surface area contributed by atoms with Crippen LogP contribution in [-0.2, 0) is 13.5 Å². The van der Waals surface area contributed by atoms with Gasteiger partial charge in [0, 0.05) is 13.1 Å². The Kier molecular flexibility index (Phi) is 6.48. The zero-order valence-electron chi connectivity index (χ0n) is 19.1. The van der Waals surface area contributed by atoms with Crippen molar-refractivity contribution < 1.29 is 9.32 Å². The van der Waals surface area contributed by atoms with Crippen LogP contribution < -0.4 is 16.6 Å². The molecular weight excluding hydrogens is 436 g/mol. The molecule has 34 heavy (non-hydrogen) atoms. The maximum absolute atomic E-state index is 12.7. The Hall–Kier alpha value is -4.34. The zero-order valence-corrected chi connectivity index (χ0v) is 19.1. The summed E-state index contributed by atoms with van der Waals surface area (Å²) in [6, 6.07) is 16.9. The summed E-state index contributed by atoms with van der Waals surface area (Å²) in [5.41, 5.74) is 1.13. The van der Waals surface area contributed by atoms with Gasteiger partial charge in [0.15, 0.2) is 5.69 Å². The number of amides is 1. The standard InChI is InChI=1S/C24H24N6O4/c1-15-9-13-18(14-10-15)30-24(33)29(3)23(32)19(27-30)20-26-22(34-28-20)21(31)25-16(2)11-12-17-7-5-4-6-8-17/h4-10,13-14,16H,11-12H2,1-3H3,(H,25,31)/t16-/m1/s1. The molecule has 174 valence electrons. The molecule has 4 rings (SSSR count). The number of benzene rings is 2. The number of rotatable bonds is 7. The number of nitrogens with zero attached hydrogens (tertiary/aromatic N) is 5. The molecule has 0 radical (unpaired) electrons. The quantitative estimate of drug-likeness (QED) is 0.447. The molecule has 2 aromatic carbocycles. The van der Waals surface area contributed by atoms with Crippen molar-refractivity contribution in [1.82, 2.24) is 29.8 Å². The second-order valence-electron chi connectivity index (χ2n) is 8.06. The van der Waals surface area contributed by atoms with E-state index in [0.29, 0.717) is 5.69 Å². The normalized spacial score (nSPS) is 11.9. The van der Waals surface area contributed by atoms with Gasteiger partial charge in [-0.3, -0.25) is 14.2 Å². The number of aryl methyl sites for hydroxylation is 2. The Morgan fingerprint density at radius 2 is 1.79 bits per heavy atom. The van der Waals surface area contributed by atoms with Crippen LogP contribution in [0.4, 0.5) is 0 Å². The van der Waals surface area contributed by atoms with E-state index in [1.807, 2.05) is 56.3 Å². The van der Waals surface area contributed by atoms with Crippen LogP contribution in [0.15, 0.2) is 68.7 Å². The van der Waals surface area contributed by atoms with E-state index in [2.05, 4.69) is 20.6 Å². The number of carbonyl (C=O) groups is 1. The lowest BCUT2D eigenvalue weighted by atomic mass is 10.1. The van der Waals surface area contributed by atoms with Crippen molar-refractivity contribution >= 4 is 5.91 Å². The Morgan fingerprint density at radius 3 is 2.50 bits per heavy atom. The number of hydrogen-bond acceptors (Lipinski definition) is 7. The van der Waals surface area contributed by atoms with Gasteiger partial charge in [-0.2, -0.15) is 14.8 Å². The molecule has 0 aliphatic carbocycles. The minimum atomic E-state index is -0.697. The van der Waals surface area contributed by atoms with Crippen LogP contribution in [0.3, 0.4) is 0 Å². The van der Waals surface area contributed by atoms with Crippen LogP contribution >= 0.6 is 0 Å². The first-order valence-corrected chi connectivity index (χ1v) is 10.8. The summed E-state index contributed by atoms with van der Waals surface area (Å²) >= 11 is 0. The van der Waals surface area contributed by atoms with Crippen LogP contribution in [0, 0.1) is 6.92 Å². The van der Waals surface area contributed by atoms with Crippen LogP contribution in [0.1, 0.15) is 35.2 Å². The fourth-order valence-corrected chi connectivity index (χ4v) is 3.37. The molecule has 2 heterocycles. The summed E-state index contributed by atoms with van der Waals surface area (Å²) in [6.07, 6.45) is 1.53. The highest BCUT2D eigenvalue weighted by Gasteiger charge is 2.22. The van der Waals surface area contributed by atoms with Crippen molar-refractivity contribution in [3.8, 4) is 17.2 Å². The van der Waals surface area contributed by atoms with Crippen molar-refractivity contribution in [3.63, 3.8) is 0 Å². The van der Waals surface area contributed by atoms with E-state index < -0.39 is 17.2 Å². The van der Waals surface area contributed by atoms with Crippen LogP contribution in [0.25, 0.3) is 17.2 Å². The Balaban J connectivity index is 1.54. The average Bonchev–Trinajstić information content (AvgIpc) is 3.33. The summed E-state index contributed by atoms with van der Waals surface area (Å²) in [7, 11) is 1.34. The predicted octanol–water partition coefficient (Wildman–Crippen LogP) is 2.04. The third kappa shape index (κ3) is 4.85. The van der Waals surface area contributed by atoms with Crippen molar-refractivity contribution in [2.24, 2.45) is 7.05 Å². The lowest BCUT2D eigenvalue weighted by Crippen LogP contribution is -2.40. The van der Waals surface area contributed by atoms with Crippen LogP contribution in [0.5, 0.6) is 0 Å². The Morgan fingerprint density at radius 1 is 1.09 bits per heavy atom. The van der Waals surface area contributed by atoms with E-state index in [4.69, 9.17) is 4.52 Å². The summed E-state index contributed by atoms with van der Waals surface area (Å²) in [4.78, 5) is 41.9. The van der Waals surface area contributed by atoms with Crippen molar-refractivity contribution in [3.05, 3.63) is 92.5 Å². The molecule has 2 aromatic heterocycles. The molecule has 0 aliphatic heterocycles. The Bertz CT molecular complexity index is 1420. The van der Waals surface area contributed by atoms with Crippen molar-refractivity contribution in [2.75, 3.05) is 0 Å². The SMILES string of the molecule is Cc1ccc(-n2nc(-c3noc(C(=O)N[C@H](C)CCc4ccccc4)n3)c(=O)n(C)c2=O)cc1. The van der Waals surface area contributed by atoms with E-state index in [-0.39, 0.29) is 23.5 Å². The van der Waals surface area contributed by atoms with E-state index in [1.54, 1.807) is 12.1 Å².